The average Bonchev–Trinajstić information content (AvgIpc) is 2.15. The third-order valence-electron chi connectivity index (χ3n) is 1.69. The molecule has 0 unspecified atom stereocenters. The van der Waals surface area contributed by atoms with Crippen LogP contribution in [-0.4, -0.2) is 16.1 Å². The number of halogens is 5. The fourth-order valence-corrected chi connectivity index (χ4v) is 0.985. The second-order valence-electron chi connectivity index (χ2n) is 2.76. The number of rotatable bonds is 2. The maximum atomic E-state index is 12.3. The molecule has 0 saturated carbocycles. The molecule has 88 valence electrons. The van der Waals surface area contributed by atoms with Crippen LogP contribution in [0.1, 0.15) is 28.0 Å². The van der Waals surface area contributed by atoms with Gasteiger partial charge < -0.3 is 5.11 Å². The molecule has 0 aliphatic heterocycles. The fraction of sp³-hybridized carbons (Fsp3) is 0.250. The Morgan fingerprint density at radius 3 is 2.31 bits per heavy atom. The Labute approximate surface area is 85.5 Å². The van der Waals surface area contributed by atoms with Crippen molar-refractivity contribution in [3.05, 3.63) is 29.1 Å². The van der Waals surface area contributed by atoms with E-state index in [2.05, 4.69) is 4.98 Å². The van der Waals surface area contributed by atoms with Crippen LogP contribution in [0.5, 0.6) is 0 Å². The third-order valence-corrected chi connectivity index (χ3v) is 1.69. The van der Waals surface area contributed by atoms with Gasteiger partial charge in [0.2, 0.25) is 0 Å². The highest BCUT2D eigenvalue weighted by Gasteiger charge is 2.34. The molecule has 0 atom stereocenters. The monoisotopic (exact) mass is 241 g/mol. The van der Waals surface area contributed by atoms with E-state index in [-0.39, 0.29) is 12.3 Å². The number of nitrogens with zero attached hydrogens (tertiary/aromatic N) is 1. The van der Waals surface area contributed by atoms with Crippen molar-refractivity contribution in [2.75, 3.05) is 0 Å². The van der Waals surface area contributed by atoms with Crippen LogP contribution in [0.15, 0.2) is 12.3 Å². The lowest BCUT2D eigenvalue weighted by atomic mass is 10.1. The zero-order valence-corrected chi connectivity index (χ0v) is 7.42. The maximum absolute atomic E-state index is 12.3. The zero-order valence-electron chi connectivity index (χ0n) is 7.42. The average molecular weight is 241 g/mol. The highest BCUT2D eigenvalue weighted by Crippen LogP contribution is 2.31. The summed E-state index contributed by atoms with van der Waals surface area (Å²) in [5, 5.41) is 8.45. The van der Waals surface area contributed by atoms with Gasteiger partial charge in [0.1, 0.15) is 5.69 Å². The van der Waals surface area contributed by atoms with Gasteiger partial charge in [-0.05, 0) is 6.07 Å². The lowest BCUT2D eigenvalue weighted by Gasteiger charge is -2.09. The summed E-state index contributed by atoms with van der Waals surface area (Å²) in [6.07, 6.45) is -7.93. The quantitative estimate of drug-likeness (QED) is 0.810. The van der Waals surface area contributed by atoms with Crippen molar-refractivity contribution in [2.24, 2.45) is 0 Å². The van der Waals surface area contributed by atoms with E-state index in [0.29, 0.717) is 0 Å². The molecular weight excluding hydrogens is 237 g/mol. The zero-order chi connectivity index (χ0) is 12.5. The van der Waals surface area contributed by atoms with Gasteiger partial charge in [-0.1, -0.05) is 0 Å². The van der Waals surface area contributed by atoms with Crippen LogP contribution in [0.4, 0.5) is 22.0 Å². The number of carbonyl (C=O) groups is 1. The van der Waals surface area contributed by atoms with Crippen molar-refractivity contribution in [1.82, 2.24) is 4.98 Å². The molecule has 0 saturated heterocycles. The first-order valence-corrected chi connectivity index (χ1v) is 3.82. The van der Waals surface area contributed by atoms with Gasteiger partial charge in [0.25, 0.3) is 6.43 Å². The smallest absolute Gasteiger partial charge is 0.433 e. The molecule has 0 aliphatic carbocycles. The van der Waals surface area contributed by atoms with Crippen LogP contribution in [0.2, 0.25) is 0 Å². The normalized spacial score (nSPS) is 11.9. The number of alkyl halides is 5. The highest BCUT2D eigenvalue weighted by molar-refractivity contribution is 5.89. The minimum absolute atomic E-state index is 0.0358. The Bertz CT molecular complexity index is 415. The second-order valence-corrected chi connectivity index (χ2v) is 2.76. The van der Waals surface area contributed by atoms with Gasteiger partial charge >= 0.3 is 12.1 Å². The van der Waals surface area contributed by atoms with E-state index >= 15 is 0 Å². The highest BCUT2D eigenvalue weighted by atomic mass is 19.4. The van der Waals surface area contributed by atoms with E-state index in [9.17, 15) is 26.7 Å². The van der Waals surface area contributed by atoms with Crippen LogP contribution in [0.25, 0.3) is 0 Å². The van der Waals surface area contributed by atoms with Crippen LogP contribution in [0, 0.1) is 0 Å². The Morgan fingerprint density at radius 2 is 1.94 bits per heavy atom. The first-order chi connectivity index (χ1) is 7.23. The predicted octanol–water partition coefficient (Wildman–Crippen LogP) is 2.74. The van der Waals surface area contributed by atoms with Crippen LogP contribution in [-0.2, 0) is 6.18 Å². The number of carboxylic acid groups (broad SMARTS) is 1. The Morgan fingerprint density at radius 1 is 1.38 bits per heavy atom. The van der Waals surface area contributed by atoms with E-state index < -0.39 is 35.4 Å². The van der Waals surface area contributed by atoms with Gasteiger partial charge in [0.05, 0.1) is 5.56 Å². The molecule has 0 bridgehead atoms. The standard InChI is InChI=1S/C8H4F5NO2/c9-6(10)3-1-5(8(11,12)13)14-2-4(3)7(15)16/h1-2,6H,(H,15,16). The van der Waals surface area contributed by atoms with Gasteiger partial charge in [0.15, 0.2) is 0 Å². The summed E-state index contributed by atoms with van der Waals surface area (Å²) >= 11 is 0. The van der Waals surface area contributed by atoms with Crippen molar-refractivity contribution in [1.29, 1.82) is 0 Å². The third kappa shape index (κ3) is 2.44. The number of aromatic carboxylic acids is 1. The van der Waals surface area contributed by atoms with E-state index in [4.69, 9.17) is 5.11 Å². The number of hydrogen-bond donors (Lipinski definition) is 1. The van der Waals surface area contributed by atoms with Gasteiger partial charge in [0, 0.05) is 11.8 Å². The summed E-state index contributed by atoms with van der Waals surface area (Å²) < 4.78 is 60.9. The van der Waals surface area contributed by atoms with Gasteiger partial charge in [-0.15, -0.1) is 0 Å². The summed E-state index contributed by atoms with van der Waals surface area (Å²) in [4.78, 5) is 13.2. The van der Waals surface area contributed by atoms with Crippen LogP contribution >= 0.6 is 0 Å². The Hall–Kier alpha value is -1.73. The number of hydrogen-bond acceptors (Lipinski definition) is 2. The molecule has 0 radical (unpaired) electrons. The van der Waals surface area contributed by atoms with Crippen LogP contribution in [0.3, 0.4) is 0 Å². The summed E-state index contributed by atoms with van der Waals surface area (Å²) in [6, 6.07) is 0.0358. The van der Waals surface area contributed by atoms with Crippen molar-refractivity contribution < 1.29 is 31.9 Å². The Balaban J connectivity index is 3.34. The number of carboxylic acids is 1. The molecule has 0 amide bonds. The van der Waals surface area contributed by atoms with Crippen molar-refractivity contribution in [3.63, 3.8) is 0 Å². The van der Waals surface area contributed by atoms with Gasteiger partial charge in [-0.25, -0.2) is 13.6 Å². The lowest BCUT2D eigenvalue weighted by Crippen LogP contribution is -2.12. The maximum Gasteiger partial charge on any atom is 0.433 e. The molecule has 16 heavy (non-hydrogen) atoms. The molecule has 0 aliphatic rings. The SMILES string of the molecule is O=C(O)c1cnc(C(F)(F)F)cc1C(F)F. The molecular formula is C8H4F5NO2. The second kappa shape index (κ2) is 4.03. The predicted molar refractivity (Wildman–Crippen MR) is 41.2 cm³/mol. The molecule has 0 aromatic carbocycles. The van der Waals surface area contributed by atoms with Gasteiger partial charge in [-0.2, -0.15) is 13.2 Å². The van der Waals surface area contributed by atoms with Crippen molar-refractivity contribution >= 4 is 5.97 Å². The van der Waals surface area contributed by atoms with E-state index in [0.717, 1.165) is 0 Å². The lowest BCUT2D eigenvalue weighted by molar-refractivity contribution is -0.141. The summed E-state index contributed by atoms with van der Waals surface area (Å²) in [6.45, 7) is 0. The molecule has 0 fully saturated rings. The molecule has 1 aromatic rings. The van der Waals surface area contributed by atoms with E-state index in [1.165, 1.54) is 0 Å². The first kappa shape index (κ1) is 12.3. The fourth-order valence-electron chi connectivity index (χ4n) is 0.985. The minimum Gasteiger partial charge on any atom is -0.478 e. The van der Waals surface area contributed by atoms with Crippen LogP contribution < -0.4 is 0 Å². The van der Waals surface area contributed by atoms with Crippen molar-refractivity contribution in [2.45, 2.75) is 12.6 Å². The molecule has 1 aromatic heterocycles. The molecule has 8 heteroatoms. The van der Waals surface area contributed by atoms with Crippen molar-refractivity contribution in [3.8, 4) is 0 Å². The topological polar surface area (TPSA) is 50.2 Å². The number of pyridine rings is 1. The van der Waals surface area contributed by atoms with E-state index in [1.807, 2.05) is 0 Å². The first-order valence-electron chi connectivity index (χ1n) is 3.82. The van der Waals surface area contributed by atoms with Gasteiger partial charge in [-0.3, -0.25) is 4.98 Å². The summed E-state index contributed by atoms with van der Waals surface area (Å²) in [7, 11) is 0. The molecule has 1 rings (SSSR count). The molecule has 0 spiro atoms. The minimum atomic E-state index is -4.89. The Kier molecular flexibility index (Phi) is 3.11. The molecule has 1 heterocycles. The van der Waals surface area contributed by atoms with E-state index in [1.54, 1.807) is 0 Å². The molecule has 1 N–H and O–H groups in total. The summed E-state index contributed by atoms with van der Waals surface area (Å²) in [5.41, 5.74) is -3.69. The summed E-state index contributed by atoms with van der Waals surface area (Å²) in [5.74, 6) is -1.75. The molecule has 3 nitrogen and oxygen atoms in total. The number of aromatic nitrogens is 1. The largest absolute Gasteiger partial charge is 0.478 e.